The van der Waals surface area contributed by atoms with Gasteiger partial charge in [0.1, 0.15) is 0 Å². The highest BCUT2D eigenvalue weighted by Crippen LogP contribution is 2.53. The lowest BCUT2D eigenvalue weighted by atomic mass is 10.00. The van der Waals surface area contributed by atoms with E-state index in [-0.39, 0.29) is 12.8 Å². The molecule has 0 bridgehead atoms. The molecule has 0 saturated carbocycles. The zero-order valence-corrected chi connectivity index (χ0v) is 16.4. The van der Waals surface area contributed by atoms with Crippen molar-refractivity contribution in [2.24, 2.45) is 0 Å². The van der Waals surface area contributed by atoms with Gasteiger partial charge in [0, 0.05) is 10.9 Å². The molecule has 0 N–H and O–H groups in total. The molecule has 1 rings (SSSR count). The van der Waals surface area contributed by atoms with Gasteiger partial charge in [0.25, 0.3) is 5.83 Å². The lowest BCUT2D eigenvalue weighted by molar-refractivity contribution is -0.987. The topological polar surface area (TPSA) is 57.2 Å². The molecule has 0 aromatic carbocycles. The Bertz CT molecular complexity index is 712. The molecule has 2 unspecified atom stereocenters. The van der Waals surface area contributed by atoms with Crippen molar-refractivity contribution in [1.29, 1.82) is 0 Å². The molecule has 0 amide bonds. The number of rotatable bonds is 12. The lowest BCUT2D eigenvalue weighted by Crippen LogP contribution is -2.60. The molecule has 0 radical (unpaired) electrons. The molecule has 1 heterocycles. The highest BCUT2D eigenvalue weighted by atomic mass is 32.2. The van der Waals surface area contributed by atoms with Gasteiger partial charge in [-0.15, -0.1) is 4.39 Å². The van der Waals surface area contributed by atoms with Crippen LogP contribution in [0.25, 0.3) is 0 Å². The molecule has 0 spiro atoms. The van der Waals surface area contributed by atoms with Crippen LogP contribution in [0.5, 0.6) is 0 Å². The fraction of sp³-hybridized carbons (Fsp3) is 0.765. The lowest BCUT2D eigenvalue weighted by Gasteiger charge is -2.37. The summed E-state index contributed by atoms with van der Waals surface area (Å²) in [7, 11) is -6.60. The van der Waals surface area contributed by atoms with Crippen molar-refractivity contribution in [3.63, 3.8) is 0 Å². The van der Waals surface area contributed by atoms with Crippen molar-refractivity contribution in [2.75, 3.05) is 0 Å². The van der Waals surface area contributed by atoms with Crippen molar-refractivity contribution < 1.29 is 43.5 Å². The first kappa shape index (κ1) is 25.0. The summed E-state index contributed by atoms with van der Waals surface area (Å²) in [6.45, 7) is 2.09. The summed E-state index contributed by atoms with van der Waals surface area (Å²) >= 11 is 0. The number of hydrogen-bond acceptors (Lipinski definition) is 3. The number of nitrogens with zero attached hydrogens (tertiary/aromatic N) is 1. The van der Waals surface area contributed by atoms with E-state index in [2.05, 4.69) is 6.92 Å². The third-order valence-corrected chi connectivity index (χ3v) is 5.85. The van der Waals surface area contributed by atoms with E-state index >= 15 is 0 Å². The maximum absolute atomic E-state index is 14.8. The smallest absolute Gasteiger partial charge is 0.381 e. The summed E-state index contributed by atoms with van der Waals surface area (Å²) in [6.07, 6.45) is 6.04. The number of halogens is 6. The predicted molar refractivity (Wildman–Crippen MR) is 89.8 cm³/mol. The molecule has 1 aliphatic heterocycles. The Labute approximate surface area is 161 Å². The molecule has 0 aliphatic carbocycles. The van der Waals surface area contributed by atoms with Crippen LogP contribution >= 0.6 is 0 Å². The summed E-state index contributed by atoms with van der Waals surface area (Å²) in [5.74, 6) is -16.1. The maximum atomic E-state index is 14.8. The van der Waals surface area contributed by atoms with E-state index in [1.165, 1.54) is 0 Å². The van der Waals surface area contributed by atoms with Crippen molar-refractivity contribution >= 4 is 10.3 Å². The fourth-order valence-electron chi connectivity index (χ4n) is 3.14. The summed E-state index contributed by atoms with van der Waals surface area (Å²) < 4.78 is 112. The van der Waals surface area contributed by atoms with E-state index in [1.54, 1.807) is 0 Å². The van der Waals surface area contributed by atoms with Crippen LogP contribution in [0.2, 0.25) is 0 Å². The van der Waals surface area contributed by atoms with Crippen LogP contribution in [-0.4, -0.2) is 22.9 Å². The first-order valence-electron chi connectivity index (χ1n) is 9.30. The third-order valence-electron chi connectivity index (χ3n) is 4.78. The molecule has 1 aliphatic rings. The second-order valence-corrected chi connectivity index (χ2v) is 8.24. The number of allylic oxidation sites excluding steroid dienone is 2. The van der Waals surface area contributed by atoms with Crippen LogP contribution in [0.4, 0.5) is 26.4 Å². The zero-order chi connectivity index (χ0) is 21.6. The molecule has 2 atom stereocenters. The van der Waals surface area contributed by atoms with Crippen LogP contribution in [-0.2, 0) is 10.3 Å². The van der Waals surface area contributed by atoms with E-state index in [0.29, 0.717) is 6.42 Å². The standard InChI is InChI=1S/C17H25F6NO3S/c1-2-3-4-5-6-7-8-9-10-11-12-17(22)15(20)13(18)14(19)16(21)24(17,23)28(25,26)27/h2-12H2,1H3. The molecule has 0 aromatic heterocycles. The summed E-state index contributed by atoms with van der Waals surface area (Å²) in [6, 6.07) is 0. The summed E-state index contributed by atoms with van der Waals surface area (Å²) in [5, 5.41) is 0. The third kappa shape index (κ3) is 4.91. The Morgan fingerprint density at radius 1 is 0.857 bits per heavy atom. The molecule has 28 heavy (non-hydrogen) atoms. The minimum absolute atomic E-state index is 0.183. The van der Waals surface area contributed by atoms with E-state index in [1.807, 2.05) is 0 Å². The minimum Gasteiger partial charge on any atom is -0.698 e. The highest BCUT2D eigenvalue weighted by molar-refractivity contribution is 7.80. The maximum Gasteiger partial charge on any atom is 0.381 e. The van der Waals surface area contributed by atoms with Gasteiger partial charge in [0.15, 0.2) is 0 Å². The molecule has 0 saturated heterocycles. The Morgan fingerprint density at radius 2 is 1.29 bits per heavy atom. The second-order valence-electron chi connectivity index (χ2n) is 6.88. The zero-order valence-electron chi connectivity index (χ0n) is 15.6. The van der Waals surface area contributed by atoms with E-state index in [9.17, 15) is 39.4 Å². The van der Waals surface area contributed by atoms with E-state index < -0.39 is 50.1 Å². The summed E-state index contributed by atoms with van der Waals surface area (Å²) in [4.78, 5) is 0. The first-order valence-corrected chi connectivity index (χ1v) is 10.7. The predicted octanol–water partition coefficient (Wildman–Crippen LogP) is 6.40. The van der Waals surface area contributed by atoms with Crippen LogP contribution in [0, 0.1) is 0 Å². The van der Waals surface area contributed by atoms with Gasteiger partial charge in [-0.3, -0.25) is 0 Å². The SMILES string of the molecule is CCCCCCCCCCCCC1(F)C(F)=C(F)C(F)=C(F)[N+]1(F)S(=O)(=O)[O-]. The Balaban J connectivity index is 2.72. The number of hydrogen-bond donors (Lipinski definition) is 0. The second kappa shape index (κ2) is 10.1. The average molecular weight is 437 g/mol. The van der Waals surface area contributed by atoms with Crippen LogP contribution in [0.3, 0.4) is 0 Å². The molecular weight excluding hydrogens is 412 g/mol. The summed E-state index contributed by atoms with van der Waals surface area (Å²) in [5.41, 5.74) is 0. The van der Waals surface area contributed by atoms with Gasteiger partial charge in [-0.05, 0) is 6.42 Å². The molecule has 0 fully saturated rings. The van der Waals surface area contributed by atoms with Crippen molar-refractivity contribution in [2.45, 2.75) is 83.3 Å². The van der Waals surface area contributed by atoms with Crippen LogP contribution in [0.1, 0.15) is 77.6 Å². The molecule has 164 valence electrons. The number of alkyl halides is 1. The van der Waals surface area contributed by atoms with Gasteiger partial charge in [0.2, 0.25) is 11.7 Å². The van der Waals surface area contributed by atoms with Gasteiger partial charge < -0.3 is 4.55 Å². The average Bonchev–Trinajstić information content (AvgIpc) is 2.64. The van der Waals surface area contributed by atoms with Crippen molar-refractivity contribution in [1.82, 2.24) is 0 Å². The van der Waals surface area contributed by atoms with Crippen LogP contribution in [0.15, 0.2) is 23.4 Å². The normalized spacial score (nSPS) is 26.3. The van der Waals surface area contributed by atoms with Crippen molar-refractivity contribution in [3.05, 3.63) is 23.4 Å². The van der Waals surface area contributed by atoms with Crippen molar-refractivity contribution in [3.8, 4) is 0 Å². The quantitative estimate of drug-likeness (QED) is 0.117. The van der Waals surface area contributed by atoms with Gasteiger partial charge in [-0.2, -0.15) is 21.6 Å². The monoisotopic (exact) mass is 437 g/mol. The van der Waals surface area contributed by atoms with E-state index in [4.69, 9.17) is 0 Å². The van der Waals surface area contributed by atoms with Gasteiger partial charge in [-0.25, -0.2) is 4.39 Å². The van der Waals surface area contributed by atoms with Crippen LogP contribution < -0.4 is 0 Å². The Morgan fingerprint density at radius 3 is 1.71 bits per heavy atom. The largest absolute Gasteiger partial charge is 0.698 e. The van der Waals surface area contributed by atoms with Gasteiger partial charge >= 0.3 is 22.0 Å². The van der Waals surface area contributed by atoms with Gasteiger partial charge in [-0.1, -0.05) is 64.7 Å². The first-order chi connectivity index (χ1) is 12.9. The molecule has 11 heteroatoms. The Kier molecular flexibility index (Phi) is 9.01. The highest BCUT2D eigenvalue weighted by Gasteiger charge is 2.71. The molecule has 0 aromatic rings. The minimum atomic E-state index is -6.60. The van der Waals surface area contributed by atoms with Gasteiger partial charge in [0.05, 0.1) is 4.11 Å². The number of quaternary nitrogens is 1. The number of unbranched alkanes of at least 4 members (excludes halogenated alkanes) is 9. The Hall–Kier alpha value is -1.07. The van der Waals surface area contributed by atoms with E-state index in [0.717, 1.165) is 44.9 Å². The fourth-order valence-corrected chi connectivity index (χ4v) is 3.94. The molecule has 4 nitrogen and oxygen atoms in total. The molecular formula is C17H25F6NO3S.